The number of rotatable bonds is 6. The smallest absolute Gasteiger partial charge is 0.252 e. The quantitative estimate of drug-likeness (QED) is 0.843. The van der Waals surface area contributed by atoms with E-state index < -0.39 is 0 Å². The Morgan fingerprint density at radius 1 is 1.41 bits per heavy atom. The maximum atomic E-state index is 12.5. The van der Waals surface area contributed by atoms with Gasteiger partial charge in [-0.2, -0.15) is 11.8 Å². The molecule has 5 nitrogen and oxygen atoms in total. The molecule has 0 bridgehead atoms. The van der Waals surface area contributed by atoms with Crippen LogP contribution < -0.4 is 10.9 Å². The Hall–Kier alpha value is -1.79. The summed E-state index contributed by atoms with van der Waals surface area (Å²) in [5.74, 6) is 0.525. The molecule has 2 N–H and O–H groups in total. The van der Waals surface area contributed by atoms with Crippen LogP contribution in [0.15, 0.2) is 35.1 Å². The van der Waals surface area contributed by atoms with Gasteiger partial charge in [0.05, 0.1) is 23.7 Å². The number of hydrogen-bond acceptors (Lipinski definition) is 4. The van der Waals surface area contributed by atoms with Crippen LogP contribution in [0, 0.1) is 0 Å². The van der Waals surface area contributed by atoms with E-state index in [4.69, 9.17) is 0 Å². The first-order chi connectivity index (χ1) is 10.6. The Bertz CT molecular complexity index is 727. The van der Waals surface area contributed by atoms with Crippen molar-refractivity contribution < 1.29 is 9.90 Å². The zero-order valence-corrected chi connectivity index (χ0v) is 13.5. The summed E-state index contributed by atoms with van der Waals surface area (Å²) in [4.78, 5) is 24.5. The van der Waals surface area contributed by atoms with Gasteiger partial charge in [-0.1, -0.05) is 18.2 Å². The van der Waals surface area contributed by atoms with Crippen molar-refractivity contribution in [2.45, 2.75) is 12.5 Å². The number of hydrogen-bond donors (Lipinski definition) is 2. The number of amides is 1. The van der Waals surface area contributed by atoms with Gasteiger partial charge in [-0.05, 0) is 24.5 Å². The van der Waals surface area contributed by atoms with E-state index in [-0.39, 0.29) is 24.1 Å². The van der Waals surface area contributed by atoms with Crippen LogP contribution in [-0.4, -0.2) is 40.2 Å². The summed E-state index contributed by atoms with van der Waals surface area (Å²) >= 11 is 1.66. The van der Waals surface area contributed by atoms with Gasteiger partial charge in [-0.15, -0.1) is 0 Å². The van der Waals surface area contributed by atoms with Crippen LogP contribution in [0.1, 0.15) is 16.8 Å². The number of aliphatic hydroxyl groups is 1. The van der Waals surface area contributed by atoms with Gasteiger partial charge in [0.2, 0.25) is 0 Å². The van der Waals surface area contributed by atoms with Crippen molar-refractivity contribution in [2.75, 3.05) is 18.6 Å². The van der Waals surface area contributed by atoms with Crippen LogP contribution in [0.25, 0.3) is 10.9 Å². The first-order valence-electron chi connectivity index (χ1n) is 7.08. The van der Waals surface area contributed by atoms with Crippen LogP contribution in [-0.2, 0) is 7.05 Å². The molecular weight excluding hydrogens is 300 g/mol. The Labute approximate surface area is 133 Å². The molecule has 0 aliphatic carbocycles. The summed E-state index contributed by atoms with van der Waals surface area (Å²) in [5.41, 5.74) is 0.833. The van der Waals surface area contributed by atoms with Crippen molar-refractivity contribution in [1.29, 1.82) is 0 Å². The van der Waals surface area contributed by atoms with Gasteiger partial charge in [0.15, 0.2) is 0 Å². The minimum atomic E-state index is -0.325. The Morgan fingerprint density at radius 3 is 2.82 bits per heavy atom. The molecular formula is C16H20N2O3S. The Morgan fingerprint density at radius 2 is 2.14 bits per heavy atom. The molecule has 1 aromatic heterocycles. The molecule has 0 unspecified atom stereocenters. The monoisotopic (exact) mass is 320 g/mol. The van der Waals surface area contributed by atoms with Gasteiger partial charge in [0.25, 0.3) is 11.5 Å². The molecule has 2 aromatic rings. The maximum Gasteiger partial charge on any atom is 0.252 e. The molecule has 6 heteroatoms. The van der Waals surface area contributed by atoms with E-state index in [2.05, 4.69) is 5.32 Å². The van der Waals surface area contributed by atoms with Crippen LogP contribution in [0.2, 0.25) is 0 Å². The second-order valence-electron chi connectivity index (χ2n) is 5.11. The third kappa shape index (κ3) is 3.51. The lowest BCUT2D eigenvalue weighted by molar-refractivity contribution is 0.0917. The molecule has 1 aromatic carbocycles. The van der Waals surface area contributed by atoms with Crippen molar-refractivity contribution in [3.8, 4) is 0 Å². The number of pyridine rings is 1. The van der Waals surface area contributed by atoms with E-state index >= 15 is 0 Å². The molecule has 0 saturated heterocycles. The second kappa shape index (κ2) is 7.47. The molecule has 0 radical (unpaired) electrons. The third-order valence-corrected chi connectivity index (χ3v) is 4.27. The molecule has 2 rings (SSSR count). The molecule has 1 atom stereocenters. The molecule has 118 valence electrons. The predicted octanol–water partition coefficient (Wildman–Crippen LogP) is 1.38. The van der Waals surface area contributed by atoms with Crippen molar-refractivity contribution in [3.05, 3.63) is 46.2 Å². The van der Waals surface area contributed by atoms with E-state index in [0.717, 1.165) is 11.1 Å². The Kier molecular flexibility index (Phi) is 5.63. The predicted molar refractivity (Wildman–Crippen MR) is 90.5 cm³/mol. The van der Waals surface area contributed by atoms with E-state index in [1.54, 1.807) is 18.8 Å². The number of aryl methyl sites for hydroxylation is 1. The largest absolute Gasteiger partial charge is 0.394 e. The number of nitrogens with zero attached hydrogens (tertiary/aromatic N) is 1. The summed E-state index contributed by atoms with van der Waals surface area (Å²) in [7, 11) is 1.68. The molecule has 0 fully saturated rings. The number of aromatic nitrogens is 1. The first kappa shape index (κ1) is 16.6. The number of benzene rings is 1. The fourth-order valence-corrected chi connectivity index (χ4v) is 2.85. The molecule has 0 spiro atoms. The minimum absolute atomic E-state index is 0.116. The van der Waals surface area contributed by atoms with Gasteiger partial charge in [-0.3, -0.25) is 9.59 Å². The molecule has 22 heavy (non-hydrogen) atoms. The zero-order valence-electron chi connectivity index (χ0n) is 12.7. The average Bonchev–Trinajstić information content (AvgIpc) is 2.54. The normalized spacial score (nSPS) is 12.3. The lowest BCUT2D eigenvalue weighted by Crippen LogP contribution is -2.38. The van der Waals surface area contributed by atoms with E-state index in [1.165, 1.54) is 10.6 Å². The van der Waals surface area contributed by atoms with Crippen molar-refractivity contribution >= 4 is 28.6 Å². The lowest BCUT2D eigenvalue weighted by atomic mass is 10.1. The number of carbonyl (C=O) groups is 1. The van der Waals surface area contributed by atoms with Gasteiger partial charge in [0, 0.05) is 18.5 Å². The minimum Gasteiger partial charge on any atom is -0.394 e. The van der Waals surface area contributed by atoms with E-state index in [9.17, 15) is 14.7 Å². The van der Waals surface area contributed by atoms with Crippen molar-refractivity contribution in [3.63, 3.8) is 0 Å². The highest BCUT2D eigenvalue weighted by Gasteiger charge is 2.16. The summed E-state index contributed by atoms with van der Waals surface area (Å²) in [5, 5.41) is 12.9. The summed E-state index contributed by atoms with van der Waals surface area (Å²) in [6, 6.07) is 8.34. The van der Waals surface area contributed by atoms with Crippen LogP contribution in [0.4, 0.5) is 0 Å². The lowest BCUT2D eigenvalue weighted by Gasteiger charge is -2.17. The maximum absolute atomic E-state index is 12.5. The second-order valence-corrected chi connectivity index (χ2v) is 6.09. The average molecular weight is 320 g/mol. The van der Waals surface area contributed by atoms with Crippen molar-refractivity contribution in [1.82, 2.24) is 9.88 Å². The number of para-hydroxylation sites is 1. The number of nitrogens with one attached hydrogen (secondary N) is 1. The van der Waals surface area contributed by atoms with E-state index in [0.29, 0.717) is 17.5 Å². The topological polar surface area (TPSA) is 71.3 Å². The SMILES string of the molecule is CSCC[C@@H](CO)NC(=O)c1cc(=O)n(C)c2ccccc12. The number of fused-ring (bicyclic) bond motifs is 1. The molecule has 0 aliphatic rings. The Balaban J connectivity index is 2.36. The number of carbonyl (C=O) groups excluding carboxylic acids is 1. The van der Waals surface area contributed by atoms with Crippen LogP contribution in [0.3, 0.4) is 0 Å². The summed E-state index contributed by atoms with van der Waals surface area (Å²) in [6.07, 6.45) is 2.66. The van der Waals surface area contributed by atoms with Gasteiger partial charge >= 0.3 is 0 Å². The zero-order chi connectivity index (χ0) is 16.1. The summed E-state index contributed by atoms with van der Waals surface area (Å²) in [6.45, 7) is -0.116. The van der Waals surface area contributed by atoms with Gasteiger partial charge in [0.1, 0.15) is 0 Å². The standard InChI is InChI=1S/C16H20N2O3S/c1-18-14-6-4-3-5-12(14)13(9-15(18)20)16(21)17-11(10-19)7-8-22-2/h3-6,9,11,19H,7-8,10H2,1-2H3,(H,17,21)/t11-/m0/s1. The van der Waals surface area contributed by atoms with Gasteiger partial charge < -0.3 is 15.0 Å². The molecule has 1 amide bonds. The number of thioether (sulfide) groups is 1. The van der Waals surface area contributed by atoms with Crippen LogP contribution in [0.5, 0.6) is 0 Å². The highest BCUT2D eigenvalue weighted by Crippen LogP contribution is 2.16. The fourth-order valence-electron chi connectivity index (χ4n) is 2.33. The van der Waals surface area contributed by atoms with Crippen molar-refractivity contribution in [2.24, 2.45) is 7.05 Å². The van der Waals surface area contributed by atoms with Crippen LogP contribution >= 0.6 is 11.8 Å². The molecule has 0 saturated carbocycles. The highest BCUT2D eigenvalue weighted by atomic mass is 32.2. The third-order valence-electron chi connectivity index (χ3n) is 3.62. The van der Waals surface area contributed by atoms with E-state index in [1.807, 2.05) is 30.5 Å². The number of aliphatic hydroxyl groups excluding tert-OH is 1. The van der Waals surface area contributed by atoms with Gasteiger partial charge in [-0.25, -0.2) is 0 Å². The first-order valence-corrected chi connectivity index (χ1v) is 8.47. The fraction of sp³-hybridized carbons (Fsp3) is 0.375. The molecule has 1 heterocycles. The summed E-state index contributed by atoms with van der Waals surface area (Å²) < 4.78 is 1.52. The highest BCUT2D eigenvalue weighted by molar-refractivity contribution is 7.98. The molecule has 0 aliphatic heterocycles.